The lowest BCUT2D eigenvalue weighted by molar-refractivity contribution is 0.0753. The normalized spacial score (nSPS) is 25.6. The maximum absolute atomic E-state index is 12.4. The molecule has 5 heteroatoms. The molecule has 1 saturated carbocycles. The first-order valence-corrected chi connectivity index (χ1v) is 9.61. The van der Waals surface area contributed by atoms with E-state index in [1.54, 1.807) is 11.3 Å². The summed E-state index contributed by atoms with van der Waals surface area (Å²) in [6.07, 6.45) is 3.54. The minimum absolute atomic E-state index is 0.211. The Balaban J connectivity index is 1.64. The molecule has 1 aliphatic carbocycles. The number of amides is 1. The summed E-state index contributed by atoms with van der Waals surface area (Å²) in [6.45, 7) is 0.901. The Bertz CT molecular complexity index is 458. The van der Waals surface area contributed by atoms with Crippen molar-refractivity contribution in [3.63, 3.8) is 0 Å². The van der Waals surface area contributed by atoms with E-state index in [0.29, 0.717) is 10.7 Å². The van der Waals surface area contributed by atoms with Crippen LogP contribution in [0, 0.1) is 5.92 Å². The first-order chi connectivity index (χ1) is 9.13. The van der Waals surface area contributed by atoms with E-state index < -0.39 is 0 Å². The minimum atomic E-state index is 0.211. The fourth-order valence-corrected chi connectivity index (χ4v) is 6.14. The molecule has 3 rings (SSSR count). The van der Waals surface area contributed by atoms with Gasteiger partial charge in [0, 0.05) is 29.0 Å². The second-order valence-corrected chi connectivity index (χ2v) is 9.02. The van der Waals surface area contributed by atoms with Crippen LogP contribution in [0.5, 0.6) is 0 Å². The average molecular weight is 360 g/mol. The Hall–Kier alpha value is -0.000000000000000111. The Kier molecular flexibility index (Phi) is 4.25. The number of rotatable bonds is 3. The van der Waals surface area contributed by atoms with Crippen molar-refractivity contribution >= 4 is 44.9 Å². The van der Waals surface area contributed by atoms with Crippen molar-refractivity contribution in [3.05, 3.63) is 21.4 Å². The Morgan fingerprint density at radius 3 is 3.00 bits per heavy atom. The van der Waals surface area contributed by atoms with Gasteiger partial charge in [-0.15, -0.1) is 11.3 Å². The Labute approximate surface area is 131 Å². The number of thioether (sulfide) groups is 1. The van der Waals surface area contributed by atoms with E-state index in [4.69, 9.17) is 0 Å². The van der Waals surface area contributed by atoms with Gasteiger partial charge in [0.25, 0.3) is 5.91 Å². The molecule has 19 heavy (non-hydrogen) atoms. The van der Waals surface area contributed by atoms with Crippen molar-refractivity contribution in [2.45, 2.75) is 29.8 Å². The van der Waals surface area contributed by atoms with Crippen molar-refractivity contribution in [2.24, 2.45) is 5.92 Å². The predicted octanol–water partition coefficient (Wildman–Crippen LogP) is 3.78. The molecule has 0 aromatic carbocycles. The zero-order valence-corrected chi connectivity index (χ0v) is 14.2. The van der Waals surface area contributed by atoms with Crippen LogP contribution >= 0.6 is 39.0 Å². The first-order valence-electron chi connectivity index (χ1n) is 6.72. The van der Waals surface area contributed by atoms with Gasteiger partial charge in [0.1, 0.15) is 0 Å². The lowest BCUT2D eigenvalue weighted by Gasteiger charge is -2.34. The number of hydrogen-bond acceptors (Lipinski definition) is 3. The van der Waals surface area contributed by atoms with Crippen molar-refractivity contribution in [2.75, 3.05) is 19.3 Å². The molecule has 2 nitrogen and oxygen atoms in total. The zero-order chi connectivity index (χ0) is 13.4. The number of halogens is 1. The van der Waals surface area contributed by atoms with Crippen LogP contribution in [0.4, 0.5) is 0 Å². The van der Waals surface area contributed by atoms with Crippen LogP contribution < -0.4 is 0 Å². The van der Waals surface area contributed by atoms with Crippen LogP contribution in [-0.2, 0) is 12.2 Å². The molecular weight excluding hydrogens is 342 g/mol. The number of carbonyl (C=O) groups excluding carboxylic acids is 1. The number of nitrogens with zero attached hydrogens (tertiary/aromatic N) is 1. The summed E-state index contributed by atoms with van der Waals surface area (Å²) in [7, 11) is 1.94. The van der Waals surface area contributed by atoms with Gasteiger partial charge in [-0.25, -0.2) is 0 Å². The van der Waals surface area contributed by atoms with Crippen LogP contribution in [0.25, 0.3) is 0 Å². The molecule has 1 fully saturated rings. The van der Waals surface area contributed by atoms with Crippen molar-refractivity contribution in [1.82, 2.24) is 4.90 Å². The molecule has 0 saturated heterocycles. The molecule has 0 N–H and O–H groups in total. The van der Waals surface area contributed by atoms with E-state index in [2.05, 4.69) is 22.0 Å². The Morgan fingerprint density at radius 2 is 2.32 bits per heavy atom. The van der Waals surface area contributed by atoms with Crippen LogP contribution in [0.1, 0.15) is 33.0 Å². The summed E-state index contributed by atoms with van der Waals surface area (Å²) in [5, 5.41) is 0. The summed E-state index contributed by atoms with van der Waals surface area (Å²) in [5.41, 5.74) is 1.39. The largest absolute Gasteiger partial charge is 0.341 e. The molecule has 0 bridgehead atoms. The van der Waals surface area contributed by atoms with Crippen LogP contribution in [0.15, 0.2) is 6.07 Å². The third kappa shape index (κ3) is 3.03. The molecule has 2 aliphatic rings. The fourth-order valence-electron chi connectivity index (χ4n) is 2.71. The molecular formula is C14H18BrNOS2. The highest BCUT2D eigenvalue weighted by Crippen LogP contribution is 2.35. The van der Waals surface area contributed by atoms with Crippen molar-refractivity contribution < 1.29 is 4.79 Å². The van der Waals surface area contributed by atoms with Gasteiger partial charge in [0.2, 0.25) is 0 Å². The molecule has 0 unspecified atom stereocenters. The van der Waals surface area contributed by atoms with E-state index in [1.807, 2.05) is 23.7 Å². The van der Waals surface area contributed by atoms with Crippen LogP contribution in [-0.4, -0.2) is 35.0 Å². The SMILES string of the molecule is CN(CC1CC(Br)C1)C(=O)c1cc2c(s1)CCSC2. The van der Waals surface area contributed by atoms with Crippen LogP contribution in [0.3, 0.4) is 0 Å². The predicted molar refractivity (Wildman–Crippen MR) is 86.6 cm³/mol. The molecule has 0 atom stereocenters. The van der Waals surface area contributed by atoms with E-state index in [9.17, 15) is 4.79 Å². The number of carbonyl (C=O) groups is 1. The summed E-state index contributed by atoms with van der Waals surface area (Å²) in [4.78, 5) is 17.4. The quantitative estimate of drug-likeness (QED) is 0.765. The highest BCUT2D eigenvalue weighted by Gasteiger charge is 2.29. The lowest BCUT2D eigenvalue weighted by Crippen LogP contribution is -2.37. The van der Waals surface area contributed by atoms with Gasteiger partial charge in [0.05, 0.1) is 4.88 Å². The monoisotopic (exact) mass is 359 g/mol. The maximum Gasteiger partial charge on any atom is 0.263 e. The molecule has 1 aliphatic heterocycles. The van der Waals surface area contributed by atoms with E-state index in [1.165, 1.54) is 29.0 Å². The second kappa shape index (κ2) is 5.78. The number of alkyl halides is 1. The van der Waals surface area contributed by atoms with Gasteiger partial charge in [-0.3, -0.25) is 4.79 Å². The maximum atomic E-state index is 12.4. The second-order valence-electron chi connectivity index (χ2n) is 5.48. The van der Waals surface area contributed by atoms with Crippen molar-refractivity contribution in [3.8, 4) is 0 Å². The van der Waals surface area contributed by atoms with E-state index in [-0.39, 0.29) is 5.91 Å². The van der Waals surface area contributed by atoms with Gasteiger partial charge in [-0.2, -0.15) is 11.8 Å². The molecule has 2 heterocycles. The standard InChI is InChI=1S/C14H18BrNOS2/c1-16(7-9-4-11(15)5-9)14(17)13-6-10-8-18-3-2-12(10)19-13/h6,9,11H,2-5,7-8H2,1H3. The number of fused-ring (bicyclic) bond motifs is 1. The third-order valence-corrected chi connectivity index (χ3v) is 6.88. The zero-order valence-electron chi connectivity index (χ0n) is 11.0. The summed E-state index contributed by atoms with van der Waals surface area (Å²) in [6, 6.07) is 2.12. The molecule has 1 amide bonds. The third-order valence-electron chi connectivity index (χ3n) is 3.90. The number of aryl methyl sites for hydroxylation is 1. The smallest absolute Gasteiger partial charge is 0.263 e. The summed E-state index contributed by atoms with van der Waals surface area (Å²) >= 11 is 7.29. The molecule has 1 aromatic rings. The van der Waals surface area contributed by atoms with Gasteiger partial charge in [-0.1, -0.05) is 15.9 Å². The van der Waals surface area contributed by atoms with Crippen LogP contribution in [0.2, 0.25) is 0 Å². The molecule has 104 valence electrons. The highest BCUT2D eigenvalue weighted by atomic mass is 79.9. The lowest BCUT2D eigenvalue weighted by atomic mass is 9.85. The van der Waals surface area contributed by atoms with Gasteiger partial charge in [0.15, 0.2) is 0 Å². The van der Waals surface area contributed by atoms with Gasteiger partial charge < -0.3 is 4.90 Å². The van der Waals surface area contributed by atoms with Crippen molar-refractivity contribution in [1.29, 1.82) is 0 Å². The van der Waals surface area contributed by atoms with Gasteiger partial charge >= 0.3 is 0 Å². The van der Waals surface area contributed by atoms with E-state index in [0.717, 1.165) is 23.6 Å². The fraction of sp³-hybridized carbons (Fsp3) is 0.643. The number of hydrogen-bond donors (Lipinski definition) is 0. The molecule has 0 spiro atoms. The highest BCUT2D eigenvalue weighted by molar-refractivity contribution is 9.09. The number of thiophene rings is 1. The average Bonchev–Trinajstić information content (AvgIpc) is 2.79. The Morgan fingerprint density at radius 1 is 1.53 bits per heavy atom. The van der Waals surface area contributed by atoms with E-state index >= 15 is 0 Å². The molecule has 0 radical (unpaired) electrons. The summed E-state index contributed by atoms with van der Waals surface area (Å²) < 4.78 is 0. The first kappa shape index (κ1) is 14.0. The topological polar surface area (TPSA) is 20.3 Å². The van der Waals surface area contributed by atoms with Gasteiger partial charge in [-0.05, 0) is 42.6 Å². The minimum Gasteiger partial charge on any atom is -0.341 e. The molecule has 1 aromatic heterocycles. The summed E-state index contributed by atoms with van der Waals surface area (Å²) in [5.74, 6) is 3.17.